The van der Waals surface area contributed by atoms with Crippen molar-refractivity contribution in [2.75, 3.05) is 17.2 Å². The first-order valence-corrected chi connectivity index (χ1v) is 11.1. The number of imide groups is 1. The second-order valence-corrected chi connectivity index (χ2v) is 9.15. The van der Waals surface area contributed by atoms with Crippen LogP contribution in [0.15, 0.2) is 36.4 Å². The molecule has 9 nitrogen and oxygen atoms in total. The van der Waals surface area contributed by atoms with Crippen LogP contribution in [0.2, 0.25) is 0 Å². The lowest BCUT2D eigenvalue weighted by Gasteiger charge is -2.28. The van der Waals surface area contributed by atoms with Gasteiger partial charge in [0.2, 0.25) is 17.7 Å². The zero-order valence-corrected chi connectivity index (χ0v) is 18.7. The van der Waals surface area contributed by atoms with E-state index in [2.05, 4.69) is 10.6 Å². The number of carbonyl (C=O) groups excluding carboxylic acids is 5. The van der Waals surface area contributed by atoms with Crippen LogP contribution in [-0.4, -0.2) is 47.1 Å². The van der Waals surface area contributed by atoms with E-state index in [-0.39, 0.29) is 35.5 Å². The van der Waals surface area contributed by atoms with E-state index in [9.17, 15) is 24.0 Å². The lowest BCUT2D eigenvalue weighted by Crippen LogP contribution is -2.50. The van der Waals surface area contributed by atoms with Crippen molar-refractivity contribution in [3.05, 3.63) is 36.4 Å². The molecule has 3 aliphatic rings. The lowest BCUT2D eigenvalue weighted by atomic mass is 9.85. The molecule has 0 spiro atoms. The second-order valence-electron chi connectivity index (χ2n) is 9.15. The highest BCUT2D eigenvalue weighted by atomic mass is 16.5. The molecule has 9 heteroatoms. The Hall–Kier alpha value is -3.49. The van der Waals surface area contributed by atoms with Crippen molar-refractivity contribution in [2.45, 2.75) is 33.2 Å². The first kappa shape index (κ1) is 22.7. The Kier molecular flexibility index (Phi) is 6.05. The number of likely N-dealkylation sites (tertiary alicyclic amines) is 1. The number of ether oxygens (including phenoxy) is 1. The van der Waals surface area contributed by atoms with Gasteiger partial charge in [-0.25, -0.2) is 4.79 Å². The zero-order chi connectivity index (χ0) is 23.9. The molecule has 2 bridgehead atoms. The molecule has 0 radical (unpaired) electrons. The largest absolute Gasteiger partial charge is 0.454 e. The Labute approximate surface area is 191 Å². The number of anilines is 2. The molecule has 1 saturated heterocycles. The highest BCUT2D eigenvalue weighted by Gasteiger charge is 2.61. The van der Waals surface area contributed by atoms with Gasteiger partial charge in [0, 0.05) is 18.3 Å². The van der Waals surface area contributed by atoms with Crippen molar-refractivity contribution < 1.29 is 28.7 Å². The molecule has 2 aliphatic carbocycles. The Morgan fingerprint density at radius 2 is 1.48 bits per heavy atom. The summed E-state index contributed by atoms with van der Waals surface area (Å²) in [5.41, 5.74) is 1.05. The minimum Gasteiger partial charge on any atom is -0.454 e. The molecular weight excluding hydrogens is 426 g/mol. The van der Waals surface area contributed by atoms with Crippen LogP contribution in [0.1, 0.15) is 27.2 Å². The summed E-state index contributed by atoms with van der Waals surface area (Å²) >= 11 is 0. The predicted octanol–water partition coefficient (Wildman–Crippen LogP) is 1.96. The number of nitrogens with one attached hydrogen (secondary N) is 2. The van der Waals surface area contributed by atoms with E-state index in [1.807, 2.05) is 12.2 Å². The minimum atomic E-state index is -1.07. The average molecular weight is 453 g/mol. The molecule has 0 aromatic heterocycles. The smallest absolute Gasteiger partial charge is 0.330 e. The lowest BCUT2D eigenvalue weighted by molar-refractivity contribution is -0.162. The van der Waals surface area contributed by atoms with E-state index in [0.717, 1.165) is 11.3 Å². The number of allylic oxidation sites excluding steroid dienone is 2. The Morgan fingerprint density at radius 1 is 0.970 bits per heavy atom. The van der Waals surface area contributed by atoms with E-state index in [1.54, 1.807) is 38.1 Å². The van der Waals surface area contributed by atoms with Crippen molar-refractivity contribution in [2.24, 2.45) is 29.6 Å². The van der Waals surface area contributed by atoms with Gasteiger partial charge in [-0.05, 0) is 48.4 Å². The fourth-order valence-corrected chi connectivity index (χ4v) is 5.13. The molecule has 1 aromatic rings. The van der Waals surface area contributed by atoms with Gasteiger partial charge < -0.3 is 15.4 Å². The van der Waals surface area contributed by atoms with Crippen molar-refractivity contribution in [3.63, 3.8) is 0 Å². The summed E-state index contributed by atoms with van der Waals surface area (Å²) < 4.78 is 5.21. The van der Waals surface area contributed by atoms with Gasteiger partial charge in [0.15, 0.2) is 6.61 Å². The Balaban J connectivity index is 1.36. The van der Waals surface area contributed by atoms with Crippen molar-refractivity contribution in [1.29, 1.82) is 0 Å². The van der Waals surface area contributed by atoms with Crippen LogP contribution in [0.4, 0.5) is 11.4 Å². The summed E-state index contributed by atoms with van der Waals surface area (Å²) in [6, 6.07) is 5.39. The number of amides is 4. The van der Waals surface area contributed by atoms with Gasteiger partial charge in [-0.2, -0.15) is 0 Å². The van der Waals surface area contributed by atoms with Crippen LogP contribution in [-0.2, 0) is 28.7 Å². The molecule has 5 atom stereocenters. The summed E-state index contributed by atoms with van der Waals surface area (Å²) in [5.74, 6) is -3.24. The van der Waals surface area contributed by atoms with Crippen LogP contribution in [0.3, 0.4) is 0 Å². The van der Waals surface area contributed by atoms with Gasteiger partial charge in [0.05, 0.1) is 11.8 Å². The Morgan fingerprint density at radius 3 is 1.97 bits per heavy atom. The van der Waals surface area contributed by atoms with E-state index in [4.69, 9.17) is 4.74 Å². The number of nitrogens with zero attached hydrogens (tertiary/aromatic N) is 1. The molecule has 0 unspecified atom stereocenters. The monoisotopic (exact) mass is 453 g/mol. The maximum absolute atomic E-state index is 13.1. The third-order valence-electron chi connectivity index (χ3n) is 6.49. The highest BCUT2D eigenvalue weighted by molar-refractivity contribution is 6.09. The minimum absolute atomic E-state index is 0.0492. The molecule has 174 valence electrons. The van der Waals surface area contributed by atoms with Crippen LogP contribution in [0, 0.1) is 29.6 Å². The molecule has 4 amide bonds. The number of rotatable bonds is 7. The van der Waals surface area contributed by atoms with E-state index in [0.29, 0.717) is 11.4 Å². The predicted molar refractivity (Wildman–Crippen MR) is 119 cm³/mol. The molecule has 2 fully saturated rings. The quantitative estimate of drug-likeness (QED) is 0.370. The van der Waals surface area contributed by atoms with Gasteiger partial charge in [0.25, 0.3) is 5.91 Å². The molecule has 1 aliphatic heterocycles. The summed E-state index contributed by atoms with van der Waals surface area (Å²) in [6.45, 7) is 4.32. The number of hydrogen-bond acceptors (Lipinski definition) is 6. The second kappa shape index (κ2) is 8.80. The van der Waals surface area contributed by atoms with Gasteiger partial charge >= 0.3 is 5.97 Å². The number of esters is 1. The van der Waals surface area contributed by atoms with Crippen molar-refractivity contribution in [1.82, 2.24) is 4.90 Å². The van der Waals surface area contributed by atoms with E-state index in [1.165, 1.54) is 6.92 Å². The fraction of sp³-hybridized carbons (Fsp3) is 0.458. The molecule has 2 N–H and O–H groups in total. The normalized spacial score (nSPS) is 25.9. The van der Waals surface area contributed by atoms with E-state index < -0.39 is 36.4 Å². The molecular formula is C24H27N3O6. The summed E-state index contributed by atoms with van der Waals surface area (Å²) in [4.78, 5) is 63.4. The van der Waals surface area contributed by atoms with Gasteiger partial charge in [-0.3, -0.25) is 24.1 Å². The van der Waals surface area contributed by atoms with Gasteiger partial charge in [0.1, 0.15) is 6.04 Å². The van der Waals surface area contributed by atoms with Crippen LogP contribution < -0.4 is 10.6 Å². The number of carbonyl (C=O) groups is 5. The Bertz CT molecular complexity index is 1000. The summed E-state index contributed by atoms with van der Waals surface area (Å²) in [6.07, 6.45) is 4.80. The average Bonchev–Trinajstić information content (AvgIpc) is 3.43. The summed E-state index contributed by atoms with van der Waals surface area (Å²) in [7, 11) is 0. The number of fused-ring (bicyclic) bond motifs is 5. The van der Waals surface area contributed by atoms with Gasteiger partial charge in [-0.15, -0.1) is 0 Å². The maximum atomic E-state index is 13.1. The molecule has 33 heavy (non-hydrogen) atoms. The molecule has 1 heterocycles. The zero-order valence-electron chi connectivity index (χ0n) is 18.7. The van der Waals surface area contributed by atoms with Crippen LogP contribution >= 0.6 is 0 Å². The van der Waals surface area contributed by atoms with Crippen LogP contribution in [0.5, 0.6) is 0 Å². The van der Waals surface area contributed by atoms with Crippen molar-refractivity contribution >= 4 is 41.0 Å². The maximum Gasteiger partial charge on any atom is 0.330 e. The third kappa shape index (κ3) is 4.27. The molecule has 1 aromatic carbocycles. The third-order valence-corrected chi connectivity index (χ3v) is 6.49. The SMILES string of the molecule is CC(=O)Nc1ccc(NC(=O)COC(=O)[C@@H](C(C)C)N2C(=O)[C@@H]3[C@H](C2=O)[C@H]2C=C[C@H]3C2)cc1. The molecule has 1 saturated carbocycles. The first-order chi connectivity index (χ1) is 15.7. The first-order valence-electron chi connectivity index (χ1n) is 11.1. The summed E-state index contributed by atoms with van der Waals surface area (Å²) in [5, 5.41) is 5.22. The van der Waals surface area contributed by atoms with Gasteiger partial charge in [-0.1, -0.05) is 26.0 Å². The topological polar surface area (TPSA) is 122 Å². The van der Waals surface area contributed by atoms with Crippen LogP contribution in [0.25, 0.3) is 0 Å². The number of hydrogen-bond donors (Lipinski definition) is 2. The number of benzene rings is 1. The fourth-order valence-electron chi connectivity index (χ4n) is 5.13. The standard InChI is InChI=1S/C24H27N3O6/c1-12(2)21(27-22(30)19-14-4-5-15(10-14)20(19)23(27)31)24(32)33-11-18(29)26-17-8-6-16(7-9-17)25-13(3)28/h4-9,12,14-15,19-21H,10-11H2,1-3H3,(H,25,28)(H,26,29)/t14-,15-,19-,20+,21+/m0/s1. The van der Waals surface area contributed by atoms with E-state index >= 15 is 0 Å². The molecule has 4 rings (SSSR count). The van der Waals surface area contributed by atoms with Crippen molar-refractivity contribution in [3.8, 4) is 0 Å². The highest BCUT2D eigenvalue weighted by Crippen LogP contribution is 2.53.